The highest BCUT2D eigenvalue weighted by molar-refractivity contribution is 9.13. The van der Waals surface area contributed by atoms with Gasteiger partial charge in [0.05, 0.1) is 6.04 Å². The Morgan fingerprint density at radius 2 is 1.67 bits per heavy atom. The topological polar surface area (TPSA) is 57.6 Å². The molecule has 0 spiro atoms. The summed E-state index contributed by atoms with van der Waals surface area (Å²) >= 11 is 7.00. The van der Waals surface area contributed by atoms with Crippen LogP contribution < -0.4 is 0 Å². The quantitative estimate of drug-likeness (QED) is 0.455. The second kappa shape index (κ2) is 8.00. The maximum atomic E-state index is 13.6. The van der Waals surface area contributed by atoms with E-state index in [2.05, 4.69) is 31.9 Å². The van der Waals surface area contributed by atoms with Crippen molar-refractivity contribution >= 4 is 43.7 Å². The maximum absolute atomic E-state index is 13.6. The predicted octanol–water partition coefficient (Wildman–Crippen LogP) is 5.95. The lowest BCUT2D eigenvalue weighted by molar-refractivity contribution is -0.146. The van der Waals surface area contributed by atoms with Crippen molar-refractivity contribution in [1.82, 2.24) is 4.90 Å². The number of aliphatic carboxylic acids is 1. The highest BCUT2D eigenvalue weighted by atomic mass is 79.9. The molecule has 6 heteroatoms. The van der Waals surface area contributed by atoms with Gasteiger partial charge in [0.15, 0.2) is 0 Å². The van der Waals surface area contributed by atoms with Crippen LogP contribution in [0.2, 0.25) is 0 Å². The van der Waals surface area contributed by atoms with E-state index < -0.39 is 17.4 Å². The SMILES string of the molecule is C[C@@]1(C(=O)O)c2ccccc2C(=O)N(Cc2ccccc2)[C@@H]1c1ccc(Br)c(Br)c1. The molecule has 1 aliphatic rings. The van der Waals surface area contributed by atoms with Crippen molar-refractivity contribution in [2.45, 2.75) is 24.9 Å². The lowest BCUT2D eigenvalue weighted by Crippen LogP contribution is -2.53. The van der Waals surface area contributed by atoms with Crippen molar-refractivity contribution < 1.29 is 14.7 Å². The Morgan fingerprint density at radius 3 is 2.33 bits per heavy atom. The highest BCUT2D eigenvalue weighted by Crippen LogP contribution is 2.48. The molecule has 0 saturated heterocycles. The average molecular weight is 529 g/mol. The van der Waals surface area contributed by atoms with Crippen molar-refractivity contribution in [2.24, 2.45) is 0 Å². The molecular weight excluding hydrogens is 510 g/mol. The Balaban J connectivity index is 1.97. The summed E-state index contributed by atoms with van der Waals surface area (Å²) in [5.41, 5.74) is 1.36. The molecule has 0 radical (unpaired) electrons. The summed E-state index contributed by atoms with van der Waals surface area (Å²) < 4.78 is 1.67. The molecule has 4 nitrogen and oxygen atoms in total. The number of amides is 1. The van der Waals surface area contributed by atoms with Crippen molar-refractivity contribution in [1.29, 1.82) is 0 Å². The Kier molecular flexibility index (Phi) is 5.55. The molecule has 1 amide bonds. The van der Waals surface area contributed by atoms with Gasteiger partial charge in [-0.05, 0) is 73.7 Å². The van der Waals surface area contributed by atoms with Gasteiger partial charge in [0, 0.05) is 21.1 Å². The Morgan fingerprint density at radius 1 is 1.00 bits per heavy atom. The van der Waals surface area contributed by atoms with Crippen LogP contribution >= 0.6 is 31.9 Å². The van der Waals surface area contributed by atoms with Gasteiger partial charge in [0.1, 0.15) is 5.41 Å². The zero-order valence-electron chi connectivity index (χ0n) is 16.2. The number of carboxylic acids is 1. The number of nitrogens with zero attached hydrogens (tertiary/aromatic N) is 1. The van der Waals surface area contributed by atoms with E-state index in [0.717, 1.165) is 20.1 Å². The number of hydrogen-bond acceptors (Lipinski definition) is 2. The smallest absolute Gasteiger partial charge is 0.316 e. The summed E-state index contributed by atoms with van der Waals surface area (Å²) in [5.74, 6) is -1.14. The number of carbonyl (C=O) groups excluding carboxylic acids is 1. The Hall–Kier alpha value is -2.44. The van der Waals surface area contributed by atoms with Crippen LogP contribution in [0.5, 0.6) is 0 Å². The number of rotatable bonds is 4. The van der Waals surface area contributed by atoms with Gasteiger partial charge in [-0.25, -0.2) is 0 Å². The molecule has 1 aliphatic heterocycles. The van der Waals surface area contributed by atoms with Crippen LogP contribution in [0.25, 0.3) is 0 Å². The molecule has 1 N–H and O–H groups in total. The number of hydrogen-bond donors (Lipinski definition) is 1. The summed E-state index contributed by atoms with van der Waals surface area (Å²) in [6, 6.07) is 21.6. The molecule has 2 atom stereocenters. The Bertz CT molecular complexity index is 1130. The van der Waals surface area contributed by atoms with Crippen LogP contribution in [-0.4, -0.2) is 21.9 Å². The van der Waals surface area contributed by atoms with Crippen molar-refractivity contribution in [3.8, 4) is 0 Å². The lowest BCUT2D eigenvalue weighted by atomic mass is 9.68. The molecule has 0 saturated carbocycles. The first kappa shape index (κ1) is 20.8. The molecule has 0 bridgehead atoms. The van der Waals surface area contributed by atoms with Gasteiger partial charge < -0.3 is 10.0 Å². The van der Waals surface area contributed by atoms with E-state index in [0.29, 0.717) is 17.7 Å². The standard InChI is InChI=1S/C24H19Br2NO3/c1-24(23(29)30)18-10-6-5-9-17(18)22(28)27(14-15-7-3-2-4-8-15)21(24)16-11-12-19(25)20(26)13-16/h2-13,21H,14H2,1H3,(H,29,30)/t21-,24-/m1/s1. The normalized spacial score (nSPS) is 20.7. The molecule has 30 heavy (non-hydrogen) atoms. The Labute approximate surface area is 191 Å². The molecule has 152 valence electrons. The van der Waals surface area contributed by atoms with Gasteiger partial charge in [-0.2, -0.15) is 0 Å². The molecule has 0 aliphatic carbocycles. The van der Waals surface area contributed by atoms with Crippen molar-refractivity contribution in [3.05, 3.63) is 104 Å². The maximum Gasteiger partial charge on any atom is 0.316 e. The predicted molar refractivity (Wildman–Crippen MR) is 122 cm³/mol. The minimum Gasteiger partial charge on any atom is -0.481 e. The molecular formula is C24H19Br2NO3. The molecule has 1 heterocycles. The molecule has 4 rings (SSSR count). The minimum atomic E-state index is -1.31. The molecule has 0 unspecified atom stereocenters. The zero-order chi connectivity index (χ0) is 21.5. The van der Waals surface area contributed by atoms with Crippen molar-refractivity contribution in [2.75, 3.05) is 0 Å². The highest BCUT2D eigenvalue weighted by Gasteiger charge is 2.53. The summed E-state index contributed by atoms with van der Waals surface area (Å²) in [7, 11) is 0. The number of carbonyl (C=O) groups is 2. The lowest BCUT2D eigenvalue weighted by Gasteiger charge is -2.47. The summed E-state index contributed by atoms with van der Waals surface area (Å²) in [5, 5.41) is 10.4. The first-order chi connectivity index (χ1) is 14.3. The van der Waals surface area contributed by atoms with Gasteiger partial charge in [0.25, 0.3) is 5.91 Å². The van der Waals surface area contributed by atoms with E-state index in [9.17, 15) is 14.7 Å². The van der Waals surface area contributed by atoms with E-state index in [1.165, 1.54) is 0 Å². The number of fused-ring (bicyclic) bond motifs is 1. The van der Waals surface area contributed by atoms with Crippen molar-refractivity contribution in [3.63, 3.8) is 0 Å². The number of carboxylic acid groups (broad SMARTS) is 1. The number of halogens is 2. The average Bonchev–Trinajstić information content (AvgIpc) is 2.75. The van der Waals surface area contributed by atoms with Gasteiger partial charge >= 0.3 is 5.97 Å². The van der Waals surface area contributed by atoms with Gasteiger partial charge in [0.2, 0.25) is 0 Å². The van der Waals surface area contributed by atoms with Gasteiger partial charge in [-0.3, -0.25) is 9.59 Å². The number of benzene rings is 3. The molecule has 0 aromatic heterocycles. The summed E-state index contributed by atoms with van der Waals surface area (Å²) in [6.45, 7) is 2.02. The van der Waals surface area contributed by atoms with Crippen LogP contribution in [0, 0.1) is 0 Å². The fourth-order valence-corrected chi connectivity index (χ4v) is 4.87. The van der Waals surface area contributed by atoms with Crippen LogP contribution in [0.1, 0.15) is 40.0 Å². The van der Waals surface area contributed by atoms with Crippen LogP contribution in [0.3, 0.4) is 0 Å². The second-order valence-corrected chi connectivity index (χ2v) is 9.26. The molecule has 3 aromatic carbocycles. The van der Waals surface area contributed by atoms with E-state index >= 15 is 0 Å². The minimum absolute atomic E-state index is 0.169. The van der Waals surface area contributed by atoms with Gasteiger partial charge in [-0.1, -0.05) is 54.6 Å². The summed E-state index contributed by atoms with van der Waals surface area (Å²) in [6.07, 6.45) is 0. The van der Waals surface area contributed by atoms with Crippen LogP contribution in [0.15, 0.2) is 81.7 Å². The van der Waals surface area contributed by atoms with E-state index in [4.69, 9.17) is 0 Å². The first-order valence-electron chi connectivity index (χ1n) is 9.46. The monoisotopic (exact) mass is 527 g/mol. The molecule has 0 fully saturated rings. The van der Waals surface area contributed by atoms with Crippen LogP contribution in [-0.2, 0) is 16.8 Å². The van der Waals surface area contributed by atoms with Crippen LogP contribution in [0.4, 0.5) is 0 Å². The van der Waals surface area contributed by atoms with E-state index in [1.807, 2.05) is 48.5 Å². The summed E-state index contributed by atoms with van der Waals surface area (Å²) in [4.78, 5) is 28.0. The largest absolute Gasteiger partial charge is 0.481 e. The van der Waals surface area contributed by atoms with E-state index in [-0.39, 0.29) is 5.91 Å². The zero-order valence-corrected chi connectivity index (χ0v) is 19.4. The first-order valence-corrected chi connectivity index (χ1v) is 11.1. The van der Waals surface area contributed by atoms with E-state index in [1.54, 1.807) is 36.1 Å². The fraction of sp³-hybridized carbons (Fsp3) is 0.167. The van der Waals surface area contributed by atoms with Gasteiger partial charge in [-0.15, -0.1) is 0 Å². The second-order valence-electron chi connectivity index (χ2n) is 7.55. The fourth-order valence-electron chi connectivity index (χ4n) is 4.22. The third kappa shape index (κ3) is 3.38. The third-order valence-corrected chi connectivity index (χ3v) is 7.62. The molecule has 3 aromatic rings. The third-order valence-electron chi connectivity index (χ3n) is 5.74.